The van der Waals surface area contributed by atoms with Gasteiger partial charge in [-0.25, -0.2) is 0 Å². The number of rotatable bonds is 2. The van der Waals surface area contributed by atoms with Crippen molar-refractivity contribution >= 4 is 17.9 Å². The minimum atomic E-state index is -1.44. The smallest absolute Gasteiger partial charge is 0.0905 e. The maximum Gasteiger partial charge on any atom is 0.0905 e. The number of carboxylic acids is 3. The molecule has 0 rings (SSSR count). The molecule has 0 heterocycles. The third-order valence-corrected chi connectivity index (χ3v) is 0.630. The monoisotopic (exact) mass is 267 g/mol. The Balaban J connectivity index is -0.0000000750. The largest absolute Gasteiger partial charge is 0.550 e. The Kier molecular flexibility index (Phi) is 29.0. The average Bonchev–Trinajstić information content (AvgIpc) is 2.18. The molecule has 0 aliphatic carbocycles. The Hall–Kier alpha value is -1.67. The molecule has 0 spiro atoms. The first-order chi connectivity index (χ1) is 8.06. The molecule has 0 amide bonds. The van der Waals surface area contributed by atoms with Gasteiger partial charge >= 0.3 is 0 Å². The van der Waals surface area contributed by atoms with Crippen molar-refractivity contribution in [1.29, 1.82) is 0 Å². The summed E-state index contributed by atoms with van der Waals surface area (Å²) in [6.45, 7) is 5.57. The van der Waals surface area contributed by atoms with Crippen LogP contribution in [0.25, 0.3) is 0 Å². The van der Waals surface area contributed by atoms with Crippen molar-refractivity contribution in [2.24, 2.45) is 0 Å². The maximum absolute atomic E-state index is 9.34. The number of aliphatic hydroxyl groups excluding tert-OH is 2. The molecule has 8 heteroatoms. The zero-order valence-electron chi connectivity index (χ0n) is 10.8. The topological polar surface area (TPSA) is 161 Å². The van der Waals surface area contributed by atoms with Gasteiger partial charge in [0.2, 0.25) is 0 Å². The van der Waals surface area contributed by atoms with Crippen LogP contribution in [-0.2, 0) is 14.4 Å². The molecular formula is C10H19O8-3. The standard InChI is InChI=1S/C3H6O3.C3H6O2.C2H4O2.C2H6O/c1-2(4)3(5)6;1-2-3(4)5;1-2(3)4;1-2-3/h2,4H,1H3,(H,5,6);2H2,1H3,(H,4,5);1H3,(H,3,4);3H,2H2,1H3/p-3. The second kappa shape index (κ2) is 20.7. The van der Waals surface area contributed by atoms with Crippen molar-refractivity contribution < 1.29 is 39.9 Å². The Morgan fingerprint density at radius 2 is 1.22 bits per heavy atom. The summed E-state index contributed by atoms with van der Waals surface area (Å²) in [6, 6.07) is 0. The number of carboxylic acid groups (broad SMARTS) is 3. The lowest BCUT2D eigenvalue weighted by molar-refractivity contribution is -0.314. The molecule has 0 fully saturated rings. The fourth-order valence-electron chi connectivity index (χ4n) is 0. The highest BCUT2D eigenvalue weighted by atomic mass is 16.4. The number of hydrogen-bond donors (Lipinski definition) is 2. The molecule has 8 nitrogen and oxygen atoms in total. The van der Waals surface area contributed by atoms with Crippen LogP contribution in [-0.4, -0.2) is 40.8 Å². The zero-order valence-corrected chi connectivity index (χ0v) is 10.8. The van der Waals surface area contributed by atoms with Crippen LogP contribution in [0, 0.1) is 0 Å². The molecule has 110 valence electrons. The number of aliphatic carboxylic acids is 3. The minimum Gasteiger partial charge on any atom is -0.550 e. The lowest BCUT2D eigenvalue weighted by atomic mass is 10.4. The number of hydrogen-bond acceptors (Lipinski definition) is 8. The molecule has 0 saturated heterocycles. The molecule has 0 bridgehead atoms. The van der Waals surface area contributed by atoms with Gasteiger partial charge in [-0.1, -0.05) is 6.92 Å². The van der Waals surface area contributed by atoms with Crippen LogP contribution in [0.2, 0.25) is 0 Å². The van der Waals surface area contributed by atoms with Crippen LogP contribution in [0.3, 0.4) is 0 Å². The van der Waals surface area contributed by atoms with Crippen LogP contribution in [0.4, 0.5) is 0 Å². The van der Waals surface area contributed by atoms with Gasteiger partial charge in [0, 0.05) is 18.5 Å². The summed E-state index contributed by atoms with van der Waals surface area (Å²) >= 11 is 0. The van der Waals surface area contributed by atoms with E-state index in [1.807, 2.05) is 0 Å². The molecule has 0 aromatic rings. The van der Waals surface area contributed by atoms with Crippen molar-refractivity contribution in [3.8, 4) is 0 Å². The lowest BCUT2D eigenvalue weighted by Gasteiger charge is -2.00. The van der Waals surface area contributed by atoms with E-state index in [1.54, 1.807) is 6.92 Å². The highest BCUT2D eigenvalue weighted by molar-refractivity contribution is 5.68. The summed E-state index contributed by atoms with van der Waals surface area (Å²) < 4.78 is 0. The Morgan fingerprint density at radius 1 is 1.11 bits per heavy atom. The second-order valence-electron chi connectivity index (χ2n) is 2.53. The van der Waals surface area contributed by atoms with Gasteiger partial charge in [-0.3, -0.25) is 0 Å². The first kappa shape index (κ1) is 25.2. The average molecular weight is 267 g/mol. The van der Waals surface area contributed by atoms with E-state index in [0.29, 0.717) is 0 Å². The fourth-order valence-corrected chi connectivity index (χ4v) is 0. The summed E-state index contributed by atoms with van der Waals surface area (Å²) in [6.07, 6.45) is -1.23. The molecule has 1 unspecified atom stereocenters. The van der Waals surface area contributed by atoms with Crippen molar-refractivity contribution in [1.82, 2.24) is 0 Å². The SMILES string of the molecule is CC(=O)[O-].CC(O)C(=O)[O-].CCC(=O)[O-].CCO. The van der Waals surface area contributed by atoms with Crippen molar-refractivity contribution in [2.75, 3.05) is 6.61 Å². The number of carbonyl (C=O) groups excluding carboxylic acids is 3. The van der Waals surface area contributed by atoms with Crippen LogP contribution in [0.5, 0.6) is 0 Å². The first-order valence-electron chi connectivity index (χ1n) is 4.93. The van der Waals surface area contributed by atoms with Gasteiger partial charge in [0.1, 0.15) is 0 Å². The summed E-state index contributed by atoms with van der Waals surface area (Å²) in [5.41, 5.74) is 0. The zero-order chi connectivity index (χ0) is 15.7. The Labute approximate surface area is 105 Å². The van der Waals surface area contributed by atoms with Crippen LogP contribution in [0.1, 0.15) is 34.1 Å². The number of carbonyl (C=O) groups is 3. The molecule has 1 atom stereocenters. The fraction of sp³-hybridized carbons (Fsp3) is 0.700. The summed E-state index contributed by atoms with van der Waals surface area (Å²) in [5.74, 6) is -3.51. The van der Waals surface area contributed by atoms with Gasteiger partial charge in [-0.15, -0.1) is 0 Å². The first-order valence-corrected chi connectivity index (χ1v) is 4.93. The van der Waals surface area contributed by atoms with E-state index >= 15 is 0 Å². The number of aliphatic hydroxyl groups is 2. The van der Waals surface area contributed by atoms with Crippen molar-refractivity contribution in [2.45, 2.75) is 40.2 Å². The van der Waals surface area contributed by atoms with E-state index in [4.69, 9.17) is 20.1 Å². The summed E-state index contributed by atoms with van der Waals surface area (Å²) in [7, 11) is 0. The molecule has 2 N–H and O–H groups in total. The highest BCUT2D eigenvalue weighted by Gasteiger charge is 1.89. The van der Waals surface area contributed by atoms with E-state index in [9.17, 15) is 19.8 Å². The predicted molar refractivity (Wildman–Crippen MR) is 55.4 cm³/mol. The molecular weight excluding hydrogens is 248 g/mol. The van der Waals surface area contributed by atoms with Gasteiger partial charge in [0.05, 0.1) is 12.1 Å². The Morgan fingerprint density at radius 3 is 1.22 bits per heavy atom. The van der Waals surface area contributed by atoms with Gasteiger partial charge in [0.15, 0.2) is 0 Å². The van der Waals surface area contributed by atoms with Crippen molar-refractivity contribution in [3.63, 3.8) is 0 Å². The van der Waals surface area contributed by atoms with Gasteiger partial charge in [0.25, 0.3) is 0 Å². The molecule has 0 aliphatic rings. The van der Waals surface area contributed by atoms with E-state index in [1.165, 1.54) is 6.92 Å². The Bertz CT molecular complexity index is 208. The van der Waals surface area contributed by atoms with Crippen LogP contribution < -0.4 is 15.3 Å². The third-order valence-electron chi connectivity index (χ3n) is 0.630. The molecule has 0 saturated carbocycles. The second-order valence-corrected chi connectivity index (χ2v) is 2.53. The minimum absolute atomic E-state index is 0.111. The molecule has 0 aromatic heterocycles. The normalized spacial score (nSPS) is 9.00. The molecule has 0 aromatic carbocycles. The van der Waals surface area contributed by atoms with E-state index in [2.05, 4.69) is 0 Å². The maximum atomic E-state index is 9.34. The highest BCUT2D eigenvalue weighted by Crippen LogP contribution is 1.69. The van der Waals surface area contributed by atoms with Crippen molar-refractivity contribution in [3.05, 3.63) is 0 Å². The predicted octanol–water partition coefficient (Wildman–Crippen LogP) is -3.98. The molecule has 0 radical (unpaired) electrons. The summed E-state index contributed by atoms with van der Waals surface area (Å²) in [4.78, 5) is 27.5. The van der Waals surface area contributed by atoms with E-state index < -0.39 is 24.0 Å². The van der Waals surface area contributed by atoms with Gasteiger partial charge in [-0.05, 0) is 27.2 Å². The molecule has 0 aliphatic heterocycles. The quantitative estimate of drug-likeness (QED) is 0.511. The van der Waals surface area contributed by atoms with E-state index in [-0.39, 0.29) is 13.0 Å². The lowest BCUT2D eigenvalue weighted by Crippen LogP contribution is -2.32. The van der Waals surface area contributed by atoms with E-state index in [0.717, 1.165) is 13.8 Å². The summed E-state index contributed by atoms with van der Waals surface area (Å²) in [5, 5.41) is 43.0. The molecule has 18 heavy (non-hydrogen) atoms. The van der Waals surface area contributed by atoms with Crippen LogP contribution in [0.15, 0.2) is 0 Å². The van der Waals surface area contributed by atoms with Crippen LogP contribution >= 0.6 is 0 Å². The van der Waals surface area contributed by atoms with Gasteiger partial charge < -0.3 is 39.9 Å². The van der Waals surface area contributed by atoms with Gasteiger partial charge in [-0.2, -0.15) is 0 Å². The third kappa shape index (κ3) is 136.